The van der Waals surface area contributed by atoms with Crippen LogP contribution in [0.25, 0.3) is 0 Å². The van der Waals surface area contributed by atoms with Crippen LogP contribution in [0.5, 0.6) is 0 Å². The molecule has 2 aromatic rings. The monoisotopic (exact) mass is 402 g/mol. The summed E-state index contributed by atoms with van der Waals surface area (Å²) in [6.45, 7) is -0.281. The quantitative estimate of drug-likeness (QED) is 0.750. The van der Waals surface area contributed by atoms with E-state index in [1.165, 1.54) is 12.1 Å². The Labute approximate surface area is 164 Å². The fourth-order valence-electron chi connectivity index (χ4n) is 3.31. The lowest BCUT2D eigenvalue weighted by Crippen LogP contribution is -2.25. The molecule has 5 nitrogen and oxygen atoms in total. The van der Waals surface area contributed by atoms with Crippen LogP contribution in [-0.2, 0) is 20.5 Å². The smallest absolute Gasteiger partial charge is 0.416 e. The van der Waals surface area contributed by atoms with Gasteiger partial charge in [0.05, 0.1) is 5.56 Å². The first-order valence-electron chi connectivity index (χ1n) is 9.03. The van der Waals surface area contributed by atoms with E-state index in [0.717, 1.165) is 24.1 Å². The van der Waals surface area contributed by atoms with Crippen molar-refractivity contribution in [3.8, 4) is 0 Å². The van der Waals surface area contributed by atoms with E-state index in [4.69, 9.17) is 4.74 Å². The van der Waals surface area contributed by atoms with Crippen LogP contribution in [0.3, 0.4) is 0 Å². The molecule has 1 heterocycles. The van der Waals surface area contributed by atoms with Crippen LogP contribution in [0.1, 0.15) is 23.5 Å². The first kappa shape index (κ1) is 19.0. The highest BCUT2D eigenvalue weighted by molar-refractivity contribution is 6.25. The highest BCUT2D eigenvalue weighted by Gasteiger charge is 2.42. The van der Waals surface area contributed by atoms with E-state index < -0.39 is 23.4 Å². The summed E-state index contributed by atoms with van der Waals surface area (Å²) in [6, 6.07) is 14.1. The number of amides is 1. The van der Waals surface area contributed by atoms with Crippen molar-refractivity contribution >= 4 is 17.4 Å². The minimum atomic E-state index is -4.53. The third kappa shape index (κ3) is 4.11. The molecule has 0 aromatic heterocycles. The van der Waals surface area contributed by atoms with Gasteiger partial charge < -0.3 is 15.4 Å². The lowest BCUT2D eigenvalue weighted by molar-refractivity contribution is -0.137. The summed E-state index contributed by atoms with van der Waals surface area (Å²) >= 11 is 0. The second-order valence-electron chi connectivity index (χ2n) is 6.95. The SMILES string of the molecule is O=C1COC(N[C@@H]2C[C@H]2c2ccccc2)=C1C(=O)Nc1cccc(C(F)(F)F)c1. The van der Waals surface area contributed by atoms with Gasteiger partial charge in [0.2, 0.25) is 11.7 Å². The van der Waals surface area contributed by atoms with Crippen LogP contribution >= 0.6 is 0 Å². The molecule has 2 atom stereocenters. The maximum absolute atomic E-state index is 12.9. The minimum Gasteiger partial charge on any atom is -0.470 e. The Balaban J connectivity index is 1.48. The van der Waals surface area contributed by atoms with Gasteiger partial charge in [-0.2, -0.15) is 13.2 Å². The summed E-state index contributed by atoms with van der Waals surface area (Å²) in [4.78, 5) is 24.7. The molecule has 8 heteroatoms. The summed E-state index contributed by atoms with van der Waals surface area (Å²) in [5, 5.41) is 5.44. The number of Topliss-reactive ketones (excluding diaryl/α,β-unsaturated/α-hetero) is 1. The second kappa shape index (κ2) is 7.27. The fourth-order valence-corrected chi connectivity index (χ4v) is 3.31. The number of ketones is 1. The average Bonchev–Trinajstić information content (AvgIpc) is 3.36. The van der Waals surface area contributed by atoms with Crippen molar-refractivity contribution in [1.29, 1.82) is 0 Å². The zero-order valence-corrected chi connectivity index (χ0v) is 15.1. The molecule has 0 bridgehead atoms. The highest BCUT2D eigenvalue weighted by Crippen LogP contribution is 2.41. The van der Waals surface area contributed by atoms with Crippen molar-refractivity contribution in [2.45, 2.75) is 24.6 Å². The fraction of sp³-hybridized carbons (Fsp3) is 0.238. The molecule has 0 unspecified atom stereocenters. The van der Waals surface area contributed by atoms with Gasteiger partial charge in [0.1, 0.15) is 5.57 Å². The summed E-state index contributed by atoms with van der Waals surface area (Å²) in [6.07, 6.45) is -3.70. The lowest BCUT2D eigenvalue weighted by atomic mass is 10.1. The number of ether oxygens (including phenoxy) is 1. The molecule has 29 heavy (non-hydrogen) atoms. The molecule has 1 aliphatic heterocycles. The first-order chi connectivity index (χ1) is 13.8. The van der Waals surface area contributed by atoms with E-state index in [9.17, 15) is 22.8 Å². The Morgan fingerprint density at radius 1 is 1.07 bits per heavy atom. The number of nitrogens with one attached hydrogen (secondary N) is 2. The molecule has 4 rings (SSSR count). The van der Waals surface area contributed by atoms with Gasteiger partial charge >= 0.3 is 6.18 Å². The molecular weight excluding hydrogens is 385 g/mol. The van der Waals surface area contributed by atoms with Gasteiger partial charge in [-0.25, -0.2) is 0 Å². The van der Waals surface area contributed by atoms with Gasteiger partial charge in [0.25, 0.3) is 5.91 Å². The van der Waals surface area contributed by atoms with E-state index in [-0.39, 0.29) is 35.7 Å². The second-order valence-corrected chi connectivity index (χ2v) is 6.95. The van der Waals surface area contributed by atoms with E-state index in [2.05, 4.69) is 10.6 Å². The molecule has 1 aliphatic carbocycles. The Hall–Kier alpha value is -3.29. The van der Waals surface area contributed by atoms with Crippen molar-refractivity contribution in [1.82, 2.24) is 5.32 Å². The molecule has 1 fully saturated rings. The summed E-state index contributed by atoms with van der Waals surface area (Å²) in [5.41, 5.74) is -0.00344. The molecule has 1 saturated carbocycles. The third-order valence-corrected chi connectivity index (χ3v) is 4.86. The van der Waals surface area contributed by atoms with Crippen molar-refractivity contribution < 1.29 is 27.5 Å². The van der Waals surface area contributed by atoms with Crippen LogP contribution in [0, 0.1) is 0 Å². The molecule has 0 radical (unpaired) electrons. The van der Waals surface area contributed by atoms with Gasteiger partial charge in [0, 0.05) is 17.6 Å². The number of benzene rings is 2. The highest BCUT2D eigenvalue weighted by atomic mass is 19.4. The minimum absolute atomic E-state index is 0.0228. The lowest BCUT2D eigenvalue weighted by Gasteiger charge is -2.11. The van der Waals surface area contributed by atoms with E-state index >= 15 is 0 Å². The summed E-state index contributed by atoms with van der Waals surface area (Å²) < 4.78 is 43.9. The molecule has 2 aromatic carbocycles. The van der Waals surface area contributed by atoms with Crippen LogP contribution < -0.4 is 10.6 Å². The van der Waals surface area contributed by atoms with Gasteiger partial charge in [-0.1, -0.05) is 36.4 Å². The van der Waals surface area contributed by atoms with Crippen molar-refractivity contribution in [3.63, 3.8) is 0 Å². The van der Waals surface area contributed by atoms with E-state index in [0.29, 0.717) is 0 Å². The van der Waals surface area contributed by atoms with Crippen molar-refractivity contribution in [2.75, 3.05) is 11.9 Å². The normalized spacial score (nSPS) is 21.0. The first-order valence-corrected chi connectivity index (χ1v) is 9.03. The topological polar surface area (TPSA) is 67.4 Å². The van der Waals surface area contributed by atoms with Crippen LogP contribution in [0.2, 0.25) is 0 Å². The number of hydrogen-bond acceptors (Lipinski definition) is 4. The number of alkyl halides is 3. The Bertz CT molecular complexity index is 986. The third-order valence-electron chi connectivity index (χ3n) is 4.86. The molecule has 0 spiro atoms. The van der Waals surface area contributed by atoms with Gasteiger partial charge in [-0.05, 0) is 30.2 Å². The standard InChI is InChI=1S/C21H17F3N2O3/c22-21(23,24)13-7-4-8-14(9-13)25-19(28)18-17(27)11-29-20(18)26-16-10-15(16)12-5-2-1-3-6-12/h1-9,15-16,26H,10-11H2,(H,25,28)/t15-,16+/m0/s1. The van der Waals surface area contributed by atoms with Crippen LogP contribution in [-0.4, -0.2) is 24.3 Å². The largest absolute Gasteiger partial charge is 0.470 e. The average molecular weight is 402 g/mol. The number of halogens is 3. The van der Waals surface area contributed by atoms with Crippen LogP contribution in [0.15, 0.2) is 66.1 Å². The molecule has 2 N–H and O–H groups in total. The Morgan fingerprint density at radius 2 is 1.83 bits per heavy atom. The Kier molecular flexibility index (Phi) is 4.77. The molecule has 150 valence electrons. The number of anilines is 1. The molecule has 2 aliphatic rings. The predicted octanol–water partition coefficient (Wildman–Crippen LogP) is 3.60. The molecule has 1 amide bonds. The number of carbonyl (C=O) groups is 2. The van der Waals surface area contributed by atoms with Gasteiger partial charge in [0.15, 0.2) is 6.61 Å². The summed E-state index contributed by atoms with van der Waals surface area (Å²) in [5.74, 6) is -1.00. The van der Waals surface area contributed by atoms with Gasteiger partial charge in [-0.3, -0.25) is 9.59 Å². The summed E-state index contributed by atoms with van der Waals surface area (Å²) in [7, 11) is 0. The molecule has 0 saturated heterocycles. The Morgan fingerprint density at radius 3 is 2.55 bits per heavy atom. The number of hydrogen-bond donors (Lipinski definition) is 2. The maximum Gasteiger partial charge on any atom is 0.416 e. The van der Waals surface area contributed by atoms with E-state index in [1.54, 1.807) is 0 Å². The van der Waals surface area contributed by atoms with Gasteiger partial charge in [-0.15, -0.1) is 0 Å². The maximum atomic E-state index is 12.9. The van der Waals surface area contributed by atoms with Crippen molar-refractivity contribution in [2.24, 2.45) is 0 Å². The molecular formula is C21H17F3N2O3. The zero-order valence-electron chi connectivity index (χ0n) is 15.1. The van der Waals surface area contributed by atoms with E-state index in [1.807, 2.05) is 30.3 Å². The van der Waals surface area contributed by atoms with Crippen LogP contribution in [0.4, 0.5) is 18.9 Å². The van der Waals surface area contributed by atoms with Crippen molar-refractivity contribution in [3.05, 3.63) is 77.2 Å². The number of carbonyl (C=O) groups excluding carboxylic acids is 2. The number of rotatable bonds is 5. The zero-order chi connectivity index (χ0) is 20.6. The predicted molar refractivity (Wildman–Crippen MR) is 98.8 cm³/mol.